The Bertz CT molecular complexity index is 542. The van der Waals surface area contributed by atoms with E-state index in [4.69, 9.17) is 14.2 Å². The minimum atomic E-state index is 0.581. The monoisotopic (exact) mass is 278 g/mol. The molecule has 1 aromatic carbocycles. The van der Waals surface area contributed by atoms with Crippen molar-refractivity contribution in [1.29, 1.82) is 0 Å². The van der Waals surface area contributed by atoms with E-state index in [9.17, 15) is 0 Å². The molecule has 2 rings (SSSR count). The van der Waals surface area contributed by atoms with Crippen molar-refractivity contribution in [1.82, 2.24) is 9.59 Å². The second-order valence-electron chi connectivity index (χ2n) is 3.62. The van der Waals surface area contributed by atoms with E-state index in [2.05, 4.69) is 9.59 Å². The zero-order chi connectivity index (χ0) is 13.7. The molecule has 0 bridgehead atoms. The summed E-state index contributed by atoms with van der Waals surface area (Å²) in [5.41, 5.74) is 1.75. The van der Waals surface area contributed by atoms with Crippen molar-refractivity contribution in [3.05, 3.63) is 28.8 Å². The highest BCUT2D eigenvalue weighted by atomic mass is 32.1. The van der Waals surface area contributed by atoms with Gasteiger partial charge in [0.05, 0.1) is 27.0 Å². The SMILES string of the molecule is COc1cc(/C=C/c2csnn2)cc(OC)c1OC. The Morgan fingerprint density at radius 3 is 2.16 bits per heavy atom. The Kier molecular flexibility index (Phi) is 4.35. The maximum absolute atomic E-state index is 5.29. The number of nitrogens with zero attached hydrogens (tertiary/aromatic N) is 2. The average molecular weight is 278 g/mol. The lowest BCUT2D eigenvalue weighted by molar-refractivity contribution is 0.324. The Morgan fingerprint density at radius 2 is 1.68 bits per heavy atom. The van der Waals surface area contributed by atoms with Gasteiger partial charge in [0.1, 0.15) is 0 Å². The Hall–Kier alpha value is -2.08. The topological polar surface area (TPSA) is 53.5 Å². The van der Waals surface area contributed by atoms with E-state index < -0.39 is 0 Å². The summed E-state index contributed by atoms with van der Waals surface area (Å²) >= 11 is 1.31. The summed E-state index contributed by atoms with van der Waals surface area (Å²) in [5, 5.41) is 5.81. The molecule has 0 N–H and O–H groups in total. The summed E-state index contributed by atoms with van der Waals surface area (Å²) in [6, 6.07) is 3.75. The molecule has 0 saturated carbocycles. The van der Waals surface area contributed by atoms with E-state index in [-0.39, 0.29) is 0 Å². The highest BCUT2D eigenvalue weighted by Crippen LogP contribution is 2.38. The number of rotatable bonds is 5. The molecule has 1 aromatic heterocycles. The number of hydrogen-bond donors (Lipinski definition) is 0. The van der Waals surface area contributed by atoms with Gasteiger partial charge in [-0.2, -0.15) is 0 Å². The fraction of sp³-hybridized carbons (Fsp3) is 0.231. The zero-order valence-electron chi connectivity index (χ0n) is 10.9. The van der Waals surface area contributed by atoms with Crippen molar-refractivity contribution in [2.75, 3.05) is 21.3 Å². The first kappa shape index (κ1) is 13.4. The van der Waals surface area contributed by atoms with Crippen molar-refractivity contribution < 1.29 is 14.2 Å². The van der Waals surface area contributed by atoms with E-state index in [1.807, 2.05) is 29.7 Å². The molecule has 100 valence electrons. The van der Waals surface area contributed by atoms with Gasteiger partial charge in [0.15, 0.2) is 11.5 Å². The normalized spacial score (nSPS) is 10.7. The predicted octanol–water partition coefficient (Wildman–Crippen LogP) is 2.73. The van der Waals surface area contributed by atoms with Gasteiger partial charge in [0.2, 0.25) is 5.75 Å². The lowest BCUT2D eigenvalue weighted by atomic mass is 10.1. The van der Waals surface area contributed by atoms with Crippen LogP contribution in [0.3, 0.4) is 0 Å². The van der Waals surface area contributed by atoms with Crippen LogP contribution < -0.4 is 14.2 Å². The minimum absolute atomic E-state index is 0.581. The van der Waals surface area contributed by atoms with Crippen molar-refractivity contribution in [2.24, 2.45) is 0 Å². The van der Waals surface area contributed by atoms with Crippen LogP contribution in [-0.4, -0.2) is 30.9 Å². The van der Waals surface area contributed by atoms with Crippen LogP contribution in [0.15, 0.2) is 17.5 Å². The number of hydrogen-bond acceptors (Lipinski definition) is 6. The molecule has 0 atom stereocenters. The molecule has 19 heavy (non-hydrogen) atoms. The lowest BCUT2D eigenvalue weighted by Crippen LogP contribution is -1.95. The molecule has 0 saturated heterocycles. The Balaban J connectivity index is 2.36. The third-order valence-electron chi connectivity index (χ3n) is 2.51. The first-order valence-electron chi connectivity index (χ1n) is 5.53. The highest BCUT2D eigenvalue weighted by Gasteiger charge is 2.11. The molecule has 0 radical (unpaired) electrons. The molecule has 5 nitrogen and oxygen atoms in total. The molecular formula is C13H14N2O3S. The molecular weight excluding hydrogens is 264 g/mol. The second kappa shape index (κ2) is 6.19. The first-order chi connectivity index (χ1) is 9.28. The molecule has 0 aliphatic carbocycles. The fourth-order valence-corrected chi connectivity index (χ4v) is 2.05. The van der Waals surface area contributed by atoms with Crippen molar-refractivity contribution in [3.63, 3.8) is 0 Å². The predicted molar refractivity (Wildman–Crippen MR) is 74.9 cm³/mol. The van der Waals surface area contributed by atoms with E-state index in [1.54, 1.807) is 21.3 Å². The number of ether oxygens (including phenoxy) is 3. The molecule has 2 aromatic rings. The van der Waals surface area contributed by atoms with Crippen LogP contribution in [0.5, 0.6) is 17.2 Å². The fourth-order valence-electron chi connectivity index (χ4n) is 1.62. The molecule has 0 fully saturated rings. The zero-order valence-corrected chi connectivity index (χ0v) is 11.7. The van der Waals surface area contributed by atoms with Crippen LogP contribution in [0.2, 0.25) is 0 Å². The van der Waals surface area contributed by atoms with Gasteiger partial charge in [-0.05, 0) is 35.3 Å². The average Bonchev–Trinajstić information content (AvgIpc) is 2.97. The van der Waals surface area contributed by atoms with Gasteiger partial charge in [-0.15, -0.1) is 5.10 Å². The summed E-state index contributed by atoms with van der Waals surface area (Å²) < 4.78 is 19.7. The van der Waals surface area contributed by atoms with Crippen molar-refractivity contribution in [2.45, 2.75) is 0 Å². The standard InChI is InChI=1S/C13H14N2O3S/c1-16-11-6-9(4-5-10-8-19-15-14-10)7-12(17-2)13(11)18-3/h4-8H,1-3H3/b5-4+. The molecule has 0 spiro atoms. The van der Waals surface area contributed by atoms with Gasteiger partial charge < -0.3 is 14.2 Å². The van der Waals surface area contributed by atoms with E-state index >= 15 is 0 Å². The first-order valence-corrected chi connectivity index (χ1v) is 6.37. The molecule has 0 aliphatic rings. The van der Waals surface area contributed by atoms with Crippen molar-refractivity contribution in [3.8, 4) is 17.2 Å². The quantitative estimate of drug-likeness (QED) is 0.841. The van der Waals surface area contributed by atoms with Crippen LogP contribution in [0.25, 0.3) is 12.2 Å². The summed E-state index contributed by atoms with van der Waals surface area (Å²) in [5.74, 6) is 1.83. The third kappa shape index (κ3) is 3.03. The van der Waals surface area contributed by atoms with Gasteiger partial charge in [0, 0.05) is 5.38 Å². The van der Waals surface area contributed by atoms with E-state index in [0.717, 1.165) is 11.3 Å². The molecule has 0 unspecified atom stereocenters. The van der Waals surface area contributed by atoms with Gasteiger partial charge in [-0.1, -0.05) is 10.6 Å². The second-order valence-corrected chi connectivity index (χ2v) is 4.23. The molecule has 6 heteroatoms. The Labute approximate surface area is 115 Å². The van der Waals surface area contributed by atoms with Gasteiger partial charge in [0.25, 0.3) is 0 Å². The maximum Gasteiger partial charge on any atom is 0.203 e. The minimum Gasteiger partial charge on any atom is -0.493 e. The van der Waals surface area contributed by atoms with Gasteiger partial charge in [-0.25, -0.2) is 0 Å². The van der Waals surface area contributed by atoms with E-state index in [1.165, 1.54) is 11.5 Å². The third-order valence-corrected chi connectivity index (χ3v) is 3.03. The van der Waals surface area contributed by atoms with E-state index in [0.29, 0.717) is 17.2 Å². The lowest BCUT2D eigenvalue weighted by Gasteiger charge is -2.12. The molecule has 1 heterocycles. The summed E-state index contributed by atoms with van der Waals surface area (Å²) in [4.78, 5) is 0. The number of aromatic nitrogens is 2. The van der Waals surface area contributed by atoms with Crippen LogP contribution in [0, 0.1) is 0 Å². The van der Waals surface area contributed by atoms with Crippen LogP contribution in [0.4, 0.5) is 0 Å². The summed E-state index contributed by atoms with van der Waals surface area (Å²) in [7, 11) is 4.76. The summed E-state index contributed by atoms with van der Waals surface area (Å²) in [6.45, 7) is 0. The van der Waals surface area contributed by atoms with Crippen LogP contribution in [-0.2, 0) is 0 Å². The van der Waals surface area contributed by atoms with Gasteiger partial charge in [-0.3, -0.25) is 0 Å². The molecule has 0 amide bonds. The molecule has 0 aliphatic heterocycles. The summed E-state index contributed by atoms with van der Waals surface area (Å²) in [6.07, 6.45) is 3.80. The maximum atomic E-state index is 5.29. The van der Waals surface area contributed by atoms with Crippen molar-refractivity contribution >= 4 is 23.7 Å². The Morgan fingerprint density at radius 1 is 1.00 bits per heavy atom. The smallest absolute Gasteiger partial charge is 0.203 e. The van der Waals surface area contributed by atoms with Gasteiger partial charge >= 0.3 is 0 Å². The highest BCUT2D eigenvalue weighted by molar-refractivity contribution is 7.03. The van der Waals surface area contributed by atoms with Crippen LogP contribution in [0.1, 0.15) is 11.3 Å². The number of methoxy groups -OCH3 is 3. The largest absolute Gasteiger partial charge is 0.493 e. The van der Waals surface area contributed by atoms with Crippen LogP contribution >= 0.6 is 11.5 Å². The number of benzene rings is 1.